The van der Waals surface area contributed by atoms with Gasteiger partial charge in [0.1, 0.15) is 6.61 Å². The number of carbonyl (C=O) groups is 1. The molecule has 0 fully saturated rings. The molecule has 0 aliphatic rings. The number of ether oxygens (including phenoxy) is 2. The van der Waals surface area contributed by atoms with Crippen LogP contribution in [0.3, 0.4) is 0 Å². The summed E-state index contributed by atoms with van der Waals surface area (Å²) in [6.07, 6.45) is -0.589. The molecular weight excluding hydrogens is 148 g/mol. The maximum absolute atomic E-state index is 10.7. The van der Waals surface area contributed by atoms with Crippen LogP contribution in [0.5, 0.6) is 0 Å². The lowest BCUT2D eigenvalue weighted by Gasteiger charge is -2.04. The molecule has 0 bridgehead atoms. The van der Waals surface area contributed by atoms with E-state index >= 15 is 0 Å². The average molecular weight is 162 g/mol. The molecule has 11 heavy (non-hydrogen) atoms. The molecule has 0 aromatic heterocycles. The van der Waals surface area contributed by atoms with Crippen LogP contribution >= 0.6 is 0 Å². The number of methoxy groups -OCH3 is 1. The van der Waals surface area contributed by atoms with Crippen LogP contribution in [0, 0.1) is 0 Å². The summed E-state index contributed by atoms with van der Waals surface area (Å²) < 4.78 is 9.33. The normalized spacial score (nSPS) is 12.6. The van der Waals surface area contributed by atoms with Crippen LogP contribution in [-0.2, 0) is 14.3 Å². The first-order chi connectivity index (χ1) is 5.16. The van der Waals surface area contributed by atoms with E-state index in [9.17, 15) is 4.79 Å². The first-order valence-corrected chi connectivity index (χ1v) is 3.49. The second-order valence-corrected chi connectivity index (χ2v) is 2.27. The van der Waals surface area contributed by atoms with Gasteiger partial charge in [0.2, 0.25) is 0 Å². The summed E-state index contributed by atoms with van der Waals surface area (Å²) in [6, 6.07) is 0. The van der Waals surface area contributed by atoms with E-state index in [2.05, 4.69) is 9.47 Å². The molecular formula is C7H14O4. The molecule has 0 amide bonds. The lowest BCUT2D eigenvalue weighted by molar-refractivity contribution is -0.146. The minimum Gasteiger partial charge on any atom is -0.463 e. The number of aliphatic hydroxyl groups is 1. The van der Waals surface area contributed by atoms with Crippen molar-refractivity contribution in [3.05, 3.63) is 0 Å². The van der Waals surface area contributed by atoms with Gasteiger partial charge in [-0.3, -0.25) is 4.79 Å². The fraction of sp³-hybridized carbons (Fsp3) is 0.857. The molecule has 4 nitrogen and oxygen atoms in total. The Labute approximate surface area is 66.1 Å². The maximum Gasteiger partial charge on any atom is 0.308 e. The van der Waals surface area contributed by atoms with Crippen molar-refractivity contribution in [2.24, 2.45) is 0 Å². The van der Waals surface area contributed by atoms with Gasteiger partial charge in [-0.05, 0) is 6.92 Å². The van der Waals surface area contributed by atoms with E-state index in [1.807, 2.05) is 0 Å². The zero-order chi connectivity index (χ0) is 8.69. The Morgan fingerprint density at radius 2 is 2.18 bits per heavy atom. The molecule has 0 heterocycles. The molecule has 66 valence electrons. The monoisotopic (exact) mass is 162 g/mol. The highest BCUT2D eigenvalue weighted by Crippen LogP contribution is 1.92. The van der Waals surface area contributed by atoms with Crippen LogP contribution in [0.4, 0.5) is 0 Å². The van der Waals surface area contributed by atoms with Gasteiger partial charge >= 0.3 is 5.97 Å². The summed E-state index contributed by atoms with van der Waals surface area (Å²) in [5, 5.41) is 8.75. The molecule has 1 atom stereocenters. The van der Waals surface area contributed by atoms with Crippen molar-refractivity contribution in [2.75, 3.05) is 20.3 Å². The molecule has 4 heteroatoms. The first kappa shape index (κ1) is 10.4. The third-order valence-corrected chi connectivity index (χ3v) is 1.01. The van der Waals surface area contributed by atoms with E-state index in [-0.39, 0.29) is 13.0 Å². The van der Waals surface area contributed by atoms with Gasteiger partial charge in [-0.15, -0.1) is 0 Å². The Morgan fingerprint density at radius 1 is 1.55 bits per heavy atom. The van der Waals surface area contributed by atoms with Crippen LogP contribution in [-0.4, -0.2) is 37.5 Å². The number of rotatable bonds is 5. The molecule has 0 saturated carbocycles. The number of hydrogen-bond acceptors (Lipinski definition) is 4. The molecule has 0 aliphatic carbocycles. The predicted molar refractivity (Wildman–Crippen MR) is 39.1 cm³/mol. The standard InChI is InChI=1S/C7H14O4/c1-6(8)5-7(9)11-4-3-10-2/h6,8H,3-5H2,1-2H3/t6-/m1/s1. The van der Waals surface area contributed by atoms with Crippen LogP contribution < -0.4 is 0 Å². The van der Waals surface area contributed by atoms with Gasteiger partial charge in [-0.25, -0.2) is 0 Å². The van der Waals surface area contributed by atoms with Crippen LogP contribution in [0.15, 0.2) is 0 Å². The van der Waals surface area contributed by atoms with Crippen molar-refractivity contribution in [1.82, 2.24) is 0 Å². The van der Waals surface area contributed by atoms with E-state index in [0.29, 0.717) is 6.61 Å². The van der Waals surface area contributed by atoms with Gasteiger partial charge in [-0.2, -0.15) is 0 Å². The van der Waals surface area contributed by atoms with Gasteiger partial charge in [0.25, 0.3) is 0 Å². The van der Waals surface area contributed by atoms with Gasteiger partial charge in [0.05, 0.1) is 19.1 Å². The molecule has 0 radical (unpaired) electrons. The highest BCUT2D eigenvalue weighted by molar-refractivity contribution is 5.69. The van der Waals surface area contributed by atoms with E-state index in [4.69, 9.17) is 5.11 Å². The summed E-state index contributed by atoms with van der Waals surface area (Å²) in [4.78, 5) is 10.7. The first-order valence-electron chi connectivity index (χ1n) is 3.49. The SMILES string of the molecule is COCCOC(=O)C[C@@H](C)O. The minimum atomic E-state index is -0.634. The van der Waals surface area contributed by atoms with Crippen molar-refractivity contribution < 1.29 is 19.4 Å². The van der Waals surface area contributed by atoms with Crippen molar-refractivity contribution in [3.8, 4) is 0 Å². The molecule has 0 spiro atoms. The Morgan fingerprint density at radius 3 is 2.64 bits per heavy atom. The minimum absolute atomic E-state index is 0.0454. The zero-order valence-corrected chi connectivity index (χ0v) is 6.87. The molecule has 0 aromatic rings. The number of hydrogen-bond donors (Lipinski definition) is 1. The van der Waals surface area contributed by atoms with E-state index in [0.717, 1.165) is 0 Å². The lowest BCUT2D eigenvalue weighted by Crippen LogP contribution is -2.14. The Kier molecular flexibility index (Phi) is 5.78. The second-order valence-electron chi connectivity index (χ2n) is 2.27. The molecule has 0 aliphatic heterocycles. The topological polar surface area (TPSA) is 55.8 Å². The molecule has 0 unspecified atom stereocenters. The smallest absolute Gasteiger partial charge is 0.308 e. The molecule has 0 saturated heterocycles. The summed E-state index contributed by atoms with van der Waals surface area (Å²) in [6.45, 7) is 2.19. The van der Waals surface area contributed by atoms with Gasteiger partial charge in [0.15, 0.2) is 0 Å². The van der Waals surface area contributed by atoms with Gasteiger partial charge < -0.3 is 14.6 Å². The summed E-state index contributed by atoms with van der Waals surface area (Å²) >= 11 is 0. The fourth-order valence-electron chi connectivity index (χ4n) is 0.539. The fourth-order valence-corrected chi connectivity index (χ4v) is 0.539. The number of carbonyl (C=O) groups excluding carboxylic acids is 1. The maximum atomic E-state index is 10.7. The van der Waals surface area contributed by atoms with E-state index in [1.165, 1.54) is 14.0 Å². The molecule has 0 rings (SSSR count). The summed E-state index contributed by atoms with van der Waals surface area (Å²) in [5.74, 6) is -0.392. The van der Waals surface area contributed by atoms with Crippen molar-refractivity contribution in [2.45, 2.75) is 19.4 Å². The lowest BCUT2D eigenvalue weighted by atomic mass is 10.3. The molecule has 0 aromatic carbocycles. The molecule has 1 N–H and O–H groups in total. The summed E-state index contributed by atoms with van der Waals surface area (Å²) in [7, 11) is 1.53. The van der Waals surface area contributed by atoms with Crippen molar-refractivity contribution in [1.29, 1.82) is 0 Å². The Balaban J connectivity index is 3.23. The van der Waals surface area contributed by atoms with Crippen molar-refractivity contribution in [3.63, 3.8) is 0 Å². The second kappa shape index (κ2) is 6.12. The van der Waals surface area contributed by atoms with E-state index in [1.54, 1.807) is 0 Å². The van der Waals surface area contributed by atoms with Crippen LogP contribution in [0.1, 0.15) is 13.3 Å². The highest BCUT2D eigenvalue weighted by Gasteiger charge is 2.05. The summed E-state index contributed by atoms with van der Waals surface area (Å²) in [5.41, 5.74) is 0. The van der Waals surface area contributed by atoms with Gasteiger partial charge in [0, 0.05) is 7.11 Å². The highest BCUT2D eigenvalue weighted by atomic mass is 16.6. The third-order valence-electron chi connectivity index (χ3n) is 1.01. The Bertz CT molecular complexity index is 111. The van der Waals surface area contributed by atoms with Crippen LogP contribution in [0.25, 0.3) is 0 Å². The van der Waals surface area contributed by atoms with E-state index < -0.39 is 12.1 Å². The zero-order valence-electron chi connectivity index (χ0n) is 6.87. The van der Waals surface area contributed by atoms with Crippen LogP contribution in [0.2, 0.25) is 0 Å². The largest absolute Gasteiger partial charge is 0.463 e. The predicted octanol–water partition coefficient (Wildman–Crippen LogP) is -0.0531. The quantitative estimate of drug-likeness (QED) is 0.454. The van der Waals surface area contributed by atoms with Gasteiger partial charge in [-0.1, -0.05) is 0 Å². The van der Waals surface area contributed by atoms with Crippen molar-refractivity contribution >= 4 is 5.97 Å². The average Bonchev–Trinajstić information content (AvgIpc) is 1.86. The third kappa shape index (κ3) is 7.29. The Hall–Kier alpha value is -0.610. The number of aliphatic hydroxyl groups excluding tert-OH is 1. The number of esters is 1.